The lowest BCUT2D eigenvalue weighted by Gasteiger charge is -2.09. The van der Waals surface area contributed by atoms with Crippen molar-refractivity contribution in [3.8, 4) is 0 Å². The van der Waals surface area contributed by atoms with Gasteiger partial charge in [0.25, 0.3) is 0 Å². The molecule has 0 spiro atoms. The quantitative estimate of drug-likeness (QED) is 0.655. The van der Waals surface area contributed by atoms with Crippen molar-refractivity contribution in [3.05, 3.63) is 51.1 Å². The molecule has 0 unspecified atom stereocenters. The van der Waals surface area contributed by atoms with E-state index in [9.17, 15) is 19.3 Å². The fraction of sp³-hybridized carbons (Fsp3) is 0.154. The Labute approximate surface area is 123 Å². The number of nitrogens with one attached hydrogen (secondary N) is 2. The Hall–Kier alpha value is -2.48. The van der Waals surface area contributed by atoms with E-state index in [1.54, 1.807) is 5.38 Å². The van der Waals surface area contributed by atoms with Crippen LogP contribution < -0.4 is 10.6 Å². The summed E-state index contributed by atoms with van der Waals surface area (Å²) in [7, 11) is 0. The van der Waals surface area contributed by atoms with Gasteiger partial charge in [-0.25, -0.2) is 4.39 Å². The number of anilines is 2. The molecule has 8 heteroatoms. The predicted octanol–water partition coefficient (Wildman–Crippen LogP) is 3.37. The van der Waals surface area contributed by atoms with Crippen LogP contribution in [0, 0.1) is 15.9 Å². The SMILES string of the molecule is CC(=O)Nc1ccc(F)c(NCc2csc([N+](=O)[O-])c2)c1. The summed E-state index contributed by atoms with van der Waals surface area (Å²) in [5.41, 5.74) is 1.38. The van der Waals surface area contributed by atoms with Crippen molar-refractivity contribution in [1.82, 2.24) is 0 Å². The fourth-order valence-corrected chi connectivity index (χ4v) is 2.42. The van der Waals surface area contributed by atoms with E-state index in [4.69, 9.17) is 0 Å². The molecule has 0 aliphatic carbocycles. The molecule has 1 heterocycles. The van der Waals surface area contributed by atoms with Gasteiger partial charge in [-0.15, -0.1) is 0 Å². The van der Waals surface area contributed by atoms with Gasteiger partial charge in [0, 0.05) is 30.6 Å². The van der Waals surface area contributed by atoms with Crippen LogP contribution in [0.3, 0.4) is 0 Å². The fourth-order valence-electron chi connectivity index (χ4n) is 1.69. The maximum Gasteiger partial charge on any atom is 0.324 e. The first kappa shape index (κ1) is 14.9. The van der Waals surface area contributed by atoms with Crippen LogP contribution in [-0.4, -0.2) is 10.8 Å². The number of hydrogen-bond donors (Lipinski definition) is 2. The molecule has 6 nitrogen and oxygen atoms in total. The van der Waals surface area contributed by atoms with Crippen LogP contribution in [0.15, 0.2) is 29.6 Å². The van der Waals surface area contributed by atoms with Crippen molar-refractivity contribution >= 4 is 33.6 Å². The van der Waals surface area contributed by atoms with Gasteiger partial charge in [-0.3, -0.25) is 14.9 Å². The summed E-state index contributed by atoms with van der Waals surface area (Å²) in [6, 6.07) is 5.60. The summed E-state index contributed by atoms with van der Waals surface area (Å²) in [5.74, 6) is -0.713. The molecule has 110 valence electrons. The van der Waals surface area contributed by atoms with E-state index in [1.807, 2.05) is 0 Å². The highest BCUT2D eigenvalue weighted by atomic mass is 32.1. The van der Waals surface area contributed by atoms with Crippen LogP contribution in [-0.2, 0) is 11.3 Å². The molecule has 0 fully saturated rings. The van der Waals surface area contributed by atoms with Crippen molar-refractivity contribution in [3.63, 3.8) is 0 Å². The summed E-state index contributed by atoms with van der Waals surface area (Å²) in [6.07, 6.45) is 0. The van der Waals surface area contributed by atoms with E-state index >= 15 is 0 Å². The number of benzene rings is 1. The predicted molar refractivity (Wildman–Crippen MR) is 79.0 cm³/mol. The molecular weight excluding hydrogens is 297 g/mol. The zero-order valence-electron chi connectivity index (χ0n) is 11.1. The molecule has 1 aromatic carbocycles. The van der Waals surface area contributed by atoms with Gasteiger partial charge in [-0.1, -0.05) is 11.3 Å². The third-order valence-corrected chi connectivity index (χ3v) is 3.52. The molecule has 2 aromatic rings. The lowest BCUT2D eigenvalue weighted by atomic mass is 10.2. The van der Waals surface area contributed by atoms with Gasteiger partial charge in [0.15, 0.2) is 0 Å². The van der Waals surface area contributed by atoms with Crippen molar-refractivity contribution in [2.45, 2.75) is 13.5 Å². The molecule has 0 radical (unpaired) electrons. The zero-order chi connectivity index (χ0) is 15.4. The van der Waals surface area contributed by atoms with E-state index in [1.165, 1.54) is 31.2 Å². The number of hydrogen-bond acceptors (Lipinski definition) is 5. The molecule has 0 saturated carbocycles. The van der Waals surface area contributed by atoms with Gasteiger partial charge >= 0.3 is 5.00 Å². The third-order valence-electron chi connectivity index (χ3n) is 2.59. The maximum atomic E-state index is 13.7. The molecule has 2 N–H and O–H groups in total. The number of carbonyl (C=O) groups is 1. The number of rotatable bonds is 5. The molecule has 0 aliphatic rings. The molecule has 1 aromatic heterocycles. The smallest absolute Gasteiger partial charge is 0.324 e. The average molecular weight is 309 g/mol. The van der Waals surface area contributed by atoms with E-state index in [2.05, 4.69) is 10.6 Å². The molecule has 0 saturated heterocycles. The van der Waals surface area contributed by atoms with Crippen molar-refractivity contribution in [1.29, 1.82) is 0 Å². The maximum absolute atomic E-state index is 13.7. The summed E-state index contributed by atoms with van der Waals surface area (Å²) in [5, 5.41) is 17.7. The van der Waals surface area contributed by atoms with E-state index in [-0.39, 0.29) is 23.1 Å². The Kier molecular flexibility index (Phi) is 4.49. The Morgan fingerprint density at radius 3 is 2.81 bits per heavy atom. The number of halogens is 1. The Bertz CT molecular complexity index is 687. The lowest BCUT2D eigenvalue weighted by Crippen LogP contribution is -2.07. The van der Waals surface area contributed by atoms with Crippen molar-refractivity contribution in [2.24, 2.45) is 0 Å². The van der Waals surface area contributed by atoms with Crippen LogP contribution >= 0.6 is 11.3 Å². The highest BCUT2D eigenvalue weighted by Gasteiger charge is 2.10. The van der Waals surface area contributed by atoms with Gasteiger partial charge in [-0.05, 0) is 23.8 Å². The molecular formula is C13H12FN3O3S. The molecule has 0 bridgehead atoms. The first-order chi connectivity index (χ1) is 9.95. The van der Waals surface area contributed by atoms with Crippen LogP contribution in [0.25, 0.3) is 0 Å². The molecule has 1 amide bonds. The second kappa shape index (κ2) is 6.31. The molecule has 21 heavy (non-hydrogen) atoms. The summed E-state index contributed by atoms with van der Waals surface area (Å²) < 4.78 is 13.7. The van der Waals surface area contributed by atoms with Crippen LogP contribution in [0.4, 0.5) is 20.8 Å². The number of amides is 1. The van der Waals surface area contributed by atoms with Gasteiger partial charge in [0.1, 0.15) is 5.82 Å². The molecule has 2 rings (SSSR count). The number of thiophene rings is 1. The highest BCUT2D eigenvalue weighted by Crippen LogP contribution is 2.24. The van der Waals surface area contributed by atoms with Gasteiger partial charge in [0.05, 0.1) is 10.6 Å². The summed E-state index contributed by atoms with van der Waals surface area (Å²) >= 11 is 1.02. The van der Waals surface area contributed by atoms with Crippen LogP contribution in [0.2, 0.25) is 0 Å². The number of nitro groups is 1. The zero-order valence-corrected chi connectivity index (χ0v) is 11.9. The van der Waals surface area contributed by atoms with Gasteiger partial charge in [-0.2, -0.15) is 0 Å². The molecule has 0 aliphatic heterocycles. The second-order valence-electron chi connectivity index (χ2n) is 4.28. The summed E-state index contributed by atoms with van der Waals surface area (Å²) in [4.78, 5) is 21.1. The van der Waals surface area contributed by atoms with Crippen LogP contribution in [0.1, 0.15) is 12.5 Å². The second-order valence-corrected chi connectivity index (χ2v) is 5.17. The normalized spacial score (nSPS) is 10.2. The topological polar surface area (TPSA) is 84.3 Å². The number of carbonyl (C=O) groups excluding carboxylic acids is 1. The largest absolute Gasteiger partial charge is 0.379 e. The Balaban J connectivity index is 2.07. The van der Waals surface area contributed by atoms with Crippen molar-refractivity contribution < 1.29 is 14.1 Å². The minimum Gasteiger partial charge on any atom is -0.379 e. The Morgan fingerprint density at radius 1 is 1.43 bits per heavy atom. The standard InChI is InChI=1S/C13H12FN3O3S/c1-8(18)16-10-2-3-11(14)12(5-10)15-6-9-4-13(17(19)20)21-7-9/h2-5,7,15H,6H2,1H3,(H,16,18). The minimum absolute atomic E-state index is 0.0410. The van der Waals surface area contributed by atoms with E-state index in [0.717, 1.165) is 11.3 Å². The first-order valence-corrected chi connectivity index (χ1v) is 6.86. The highest BCUT2D eigenvalue weighted by molar-refractivity contribution is 7.13. The van der Waals surface area contributed by atoms with Crippen molar-refractivity contribution in [2.75, 3.05) is 10.6 Å². The third kappa shape index (κ3) is 3.99. The first-order valence-electron chi connectivity index (χ1n) is 5.98. The minimum atomic E-state index is -0.466. The summed E-state index contributed by atoms with van der Waals surface area (Å²) in [6.45, 7) is 1.62. The molecule has 0 atom stereocenters. The lowest BCUT2D eigenvalue weighted by molar-refractivity contribution is -0.380. The van der Waals surface area contributed by atoms with Gasteiger partial charge < -0.3 is 10.6 Å². The number of nitrogens with zero attached hydrogens (tertiary/aromatic N) is 1. The van der Waals surface area contributed by atoms with E-state index < -0.39 is 10.7 Å². The average Bonchev–Trinajstić information content (AvgIpc) is 2.88. The van der Waals surface area contributed by atoms with E-state index in [0.29, 0.717) is 11.3 Å². The van der Waals surface area contributed by atoms with Gasteiger partial charge in [0.2, 0.25) is 5.91 Å². The van der Waals surface area contributed by atoms with Crippen LogP contribution in [0.5, 0.6) is 0 Å². The Morgan fingerprint density at radius 2 is 2.19 bits per heavy atom. The monoisotopic (exact) mass is 309 g/mol.